The van der Waals surface area contributed by atoms with E-state index in [9.17, 15) is 0 Å². The Morgan fingerprint density at radius 3 is 2.95 bits per heavy atom. The molecule has 6 heteroatoms. The van der Waals surface area contributed by atoms with Gasteiger partial charge in [0, 0.05) is 18.1 Å². The summed E-state index contributed by atoms with van der Waals surface area (Å²) in [6, 6.07) is 8.21. The van der Waals surface area contributed by atoms with Crippen molar-refractivity contribution in [2.75, 3.05) is 5.32 Å². The molecule has 2 heterocycles. The molecule has 3 aromatic rings. The maximum Gasteiger partial charge on any atom is 0.187 e. The molecule has 0 radical (unpaired) electrons. The highest BCUT2D eigenvalue weighted by Gasteiger charge is 2.08. The van der Waals surface area contributed by atoms with Crippen LogP contribution < -0.4 is 5.32 Å². The lowest BCUT2D eigenvalue weighted by Crippen LogP contribution is -1.94. The normalized spacial score (nSPS) is 10.6. The van der Waals surface area contributed by atoms with Gasteiger partial charge in [0.25, 0.3) is 0 Å². The molecule has 0 saturated carbocycles. The number of nitrogens with zero attached hydrogens (tertiary/aromatic N) is 4. The summed E-state index contributed by atoms with van der Waals surface area (Å²) in [6.45, 7) is 2.07. The summed E-state index contributed by atoms with van der Waals surface area (Å²) < 4.78 is 1.71. The molecule has 1 aromatic carbocycles. The third kappa shape index (κ3) is 2.48. The molecule has 3 rings (SSSR count). The fraction of sp³-hybridized carbons (Fsp3) is 0.154. The molecule has 0 atom stereocenters. The summed E-state index contributed by atoms with van der Waals surface area (Å²) in [5.74, 6) is 0. The molecule has 0 fully saturated rings. The molecule has 2 aromatic heterocycles. The van der Waals surface area contributed by atoms with Crippen molar-refractivity contribution in [3.8, 4) is 11.4 Å². The number of hydrogen-bond acceptors (Lipinski definition) is 5. The zero-order chi connectivity index (χ0) is 13.2. The Bertz CT molecular complexity index is 700. The number of anilines is 2. The van der Waals surface area contributed by atoms with E-state index < -0.39 is 0 Å². The van der Waals surface area contributed by atoms with Gasteiger partial charge in [-0.1, -0.05) is 17.3 Å². The first-order valence-corrected chi connectivity index (χ1v) is 6.74. The van der Waals surface area contributed by atoms with Gasteiger partial charge in [-0.25, -0.2) is 9.67 Å². The molecule has 5 nitrogen and oxygen atoms in total. The van der Waals surface area contributed by atoms with Crippen LogP contribution in [-0.4, -0.2) is 20.0 Å². The summed E-state index contributed by atoms with van der Waals surface area (Å²) in [6.07, 6.45) is 1.71. The first-order chi connectivity index (χ1) is 9.22. The van der Waals surface area contributed by atoms with Gasteiger partial charge in [0.15, 0.2) is 5.13 Å². The summed E-state index contributed by atoms with van der Waals surface area (Å²) >= 11 is 1.57. The number of hydrogen-bond donors (Lipinski definition) is 1. The minimum absolute atomic E-state index is 0.863. The van der Waals surface area contributed by atoms with Gasteiger partial charge in [0.2, 0.25) is 0 Å². The molecule has 0 aliphatic rings. The van der Waals surface area contributed by atoms with Crippen molar-refractivity contribution in [2.45, 2.75) is 6.92 Å². The van der Waals surface area contributed by atoms with Crippen molar-refractivity contribution in [3.63, 3.8) is 0 Å². The van der Waals surface area contributed by atoms with Crippen molar-refractivity contribution < 1.29 is 0 Å². The second kappa shape index (κ2) is 4.81. The topological polar surface area (TPSA) is 55.6 Å². The van der Waals surface area contributed by atoms with Crippen LogP contribution in [0.25, 0.3) is 11.4 Å². The maximum absolute atomic E-state index is 4.55. The van der Waals surface area contributed by atoms with Crippen LogP contribution in [0, 0.1) is 6.92 Å². The van der Waals surface area contributed by atoms with E-state index in [2.05, 4.69) is 39.7 Å². The molecule has 19 heavy (non-hydrogen) atoms. The smallest absolute Gasteiger partial charge is 0.187 e. The fourth-order valence-electron chi connectivity index (χ4n) is 1.82. The highest BCUT2D eigenvalue weighted by atomic mass is 32.1. The summed E-state index contributed by atoms with van der Waals surface area (Å²) in [5.41, 5.74) is 4.06. The van der Waals surface area contributed by atoms with Crippen LogP contribution in [0.3, 0.4) is 0 Å². The first-order valence-electron chi connectivity index (χ1n) is 5.86. The van der Waals surface area contributed by atoms with Gasteiger partial charge in [-0.3, -0.25) is 0 Å². The second-order valence-corrected chi connectivity index (χ2v) is 5.13. The molecular weight excluding hydrogens is 258 g/mol. The highest BCUT2D eigenvalue weighted by molar-refractivity contribution is 7.14. The molecule has 0 bridgehead atoms. The third-order valence-electron chi connectivity index (χ3n) is 2.75. The largest absolute Gasteiger partial charge is 0.332 e. The number of thiazole rings is 1. The van der Waals surface area contributed by atoms with E-state index in [1.807, 2.05) is 24.6 Å². The van der Waals surface area contributed by atoms with Crippen LogP contribution >= 0.6 is 11.3 Å². The van der Waals surface area contributed by atoms with Gasteiger partial charge in [0.05, 0.1) is 6.20 Å². The van der Waals surface area contributed by atoms with Crippen molar-refractivity contribution >= 4 is 22.2 Å². The van der Waals surface area contributed by atoms with Gasteiger partial charge in [-0.2, -0.15) is 0 Å². The molecule has 0 amide bonds. The number of benzene rings is 1. The van der Waals surface area contributed by atoms with Crippen LogP contribution in [0.5, 0.6) is 0 Å². The first kappa shape index (κ1) is 11.9. The Morgan fingerprint density at radius 2 is 2.21 bits per heavy atom. The molecule has 96 valence electrons. The lowest BCUT2D eigenvalue weighted by atomic mass is 10.2. The monoisotopic (exact) mass is 271 g/mol. The Balaban J connectivity index is 1.84. The fourth-order valence-corrected chi connectivity index (χ4v) is 2.54. The van der Waals surface area contributed by atoms with E-state index in [1.165, 1.54) is 5.56 Å². The predicted octanol–water partition coefficient (Wildman–Crippen LogP) is 2.99. The van der Waals surface area contributed by atoms with Gasteiger partial charge < -0.3 is 5.32 Å². The average Bonchev–Trinajstić information content (AvgIpc) is 2.98. The highest BCUT2D eigenvalue weighted by Crippen LogP contribution is 2.26. The molecular formula is C13H13N5S. The van der Waals surface area contributed by atoms with Crippen LogP contribution in [0.15, 0.2) is 35.8 Å². The quantitative estimate of drug-likeness (QED) is 0.795. The molecule has 0 saturated heterocycles. The minimum atomic E-state index is 0.863. The SMILES string of the molecule is Cc1cccc(Nc2nc(-c3cnnn3C)cs2)c1. The summed E-state index contributed by atoms with van der Waals surface area (Å²) in [4.78, 5) is 4.55. The number of rotatable bonds is 3. The predicted molar refractivity (Wildman–Crippen MR) is 76.6 cm³/mol. The number of nitrogens with one attached hydrogen (secondary N) is 1. The van der Waals surface area contributed by atoms with Crippen molar-refractivity contribution in [2.24, 2.45) is 7.05 Å². The Kier molecular flexibility index (Phi) is 3.00. The van der Waals surface area contributed by atoms with Crippen molar-refractivity contribution in [3.05, 3.63) is 41.4 Å². The second-order valence-electron chi connectivity index (χ2n) is 4.28. The Labute approximate surface area is 114 Å². The average molecular weight is 271 g/mol. The molecule has 0 aliphatic heterocycles. The molecule has 0 spiro atoms. The van der Waals surface area contributed by atoms with E-state index in [4.69, 9.17) is 0 Å². The van der Waals surface area contributed by atoms with E-state index in [-0.39, 0.29) is 0 Å². The third-order valence-corrected chi connectivity index (χ3v) is 3.51. The molecule has 1 N–H and O–H groups in total. The van der Waals surface area contributed by atoms with Gasteiger partial charge in [0.1, 0.15) is 11.4 Å². The van der Waals surface area contributed by atoms with Crippen LogP contribution in [0.2, 0.25) is 0 Å². The molecule has 0 unspecified atom stereocenters. The lowest BCUT2D eigenvalue weighted by Gasteiger charge is -2.02. The minimum Gasteiger partial charge on any atom is -0.332 e. The summed E-state index contributed by atoms with van der Waals surface area (Å²) in [7, 11) is 1.86. The van der Waals surface area contributed by atoms with Gasteiger partial charge >= 0.3 is 0 Å². The Hall–Kier alpha value is -2.21. The zero-order valence-corrected chi connectivity index (χ0v) is 11.5. The van der Waals surface area contributed by atoms with Crippen LogP contribution in [0.4, 0.5) is 10.8 Å². The lowest BCUT2D eigenvalue weighted by molar-refractivity contribution is 0.719. The van der Waals surface area contributed by atoms with E-state index in [0.29, 0.717) is 0 Å². The zero-order valence-electron chi connectivity index (χ0n) is 10.7. The van der Waals surface area contributed by atoms with E-state index >= 15 is 0 Å². The van der Waals surface area contributed by atoms with Gasteiger partial charge in [-0.15, -0.1) is 16.4 Å². The van der Waals surface area contributed by atoms with Gasteiger partial charge in [-0.05, 0) is 24.6 Å². The standard InChI is InChI=1S/C13H13N5S/c1-9-4-3-5-10(6-9)15-13-16-11(8-19-13)12-7-14-17-18(12)2/h3-8H,1-2H3,(H,15,16). The number of aryl methyl sites for hydroxylation is 2. The van der Waals surface area contributed by atoms with Crippen LogP contribution in [0.1, 0.15) is 5.56 Å². The van der Waals surface area contributed by atoms with Crippen molar-refractivity contribution in [1.82, 2.24) is 20.0 Å². The van der Waals surface area contributed by atoms with Crippen LogP contribution in [-0.2, 0) is 7.05 Å². The Morgan fingerprint density at radius 1 is 1.32 bits per heavy atom. The van der Waals surface area contributed by atoms with E-state index in [1.54, 1.807) is 22.2 Å². The number of aromatic nitrogens is 4. The maximum atomic E-state index is 4.55. The van der Waals surface area contributed by atoms with Crippen molar-refractivity contribution in [1.29, 1.82) is 0 Å². The molecule has 0 aliphatic carbocycles. The van der Waals surface area contributed by atoms with E-state index in [0.717, 1.165) is 22.2 Å². The summed E-state index contributed by atoms with van der Waals surface area (Å²) in [5, 5.41) is 13.9.